The van der Waals surface area contributed by atoms with Gasteiger partial charge in [-0.15, -0.1) is 5.10 Å². The second kappa shape index (κ2) is 9.10. The fourth-order valence-corrected chi connectivity index (χ4v) is 5.86. The maximum absolute atomic E-state index is 15.1. The van der Waals surface area contributed by atoms with Gasteiger partial charge in [0, 0.05) is 18.8 Å². The van der Waals surface area contributed by atoms with Crippen LogP contribution in [-0.4, -0.2) is 39.2 Å². The number of benzene rings is 1. The number of ether oxygens (including phenoxy) is 2. The molecule has 0 amide bonds. The lowest BCUT2D eigenvalue weighted by atomic mass is 9.79. The van der Waals surface area contributed by atoms with Crippen LogP contribution in [0.4, 0.5) is 8.78 Å². The van der Waals surface area contributed by atoms with Crippen LogP contribution in [0.25, 0.3) is 16.5 Å². The van der Waals surface area contributed by atoms with Crippen molar-refractivity contribution in [2.75, 3.05) is 13.2 Å². The molecule has 186 valence electrons. The summed E-state index contributed by atoms with van der Waals surface area (Å²) in [5, 5.41) is 4.73. The highest BCUT2D eigenvalue weighted by atomic mass is 19.1. The average Bonchev–Trinajstić information content (AvgIpc) is 3.13. The van der Waals surface area contributed by atoms with Crippen LogP contribution in [-0.2, 0) is 9.47 Å². The van der Waals surface area contributed by atoms with E-state index in [0.717, 1.165) is 42.3 Å². The van der Waals surface area contributed by atoms with Crippen LogP contribution in [0.3, 0.4) is 0 Å². The molecule has 0 radical (unpaired) electrons. The molecule has 2 saturated heterocycles. The fraction of sp³-hybridized carbons (Fsp3) is 0.500. The van der Waals surface area contributed by atoms with Crippen LogP contribution >= 0.6 is 0 Å². The quantitative estimate of drug-likeness (QED) is 0.428. The van der Waals surface area contributed by atoms with Crippen LogP contribution in [0.1, 0.15) is 70.7 Å². The number of hydrogen-bond donors (Lipinski definition) is 0. The summed E-state index contributed by atoms with van der Waals surface area (Å²) < 4.78 is 42.3. The number of fused-ring (bicyclic) bond motifs is 1. The zero-order valence-corrected chi connectivity index (χ0v) is 20.9. The lowest BCUT2D eigenvalue weighted by Gasteiger charge is -2.44. The lowest BCUT2D eigenvalue weighted by Crippen LogP contribution is -2.44. The first kappa shape index (κ1) is 24.1. The van der Waals surface area contributed by atoms with Gasteiger partial charge in [0.2, 0.25) is 5.95 Å². The van der Waals surface area contributed by atoms with Crippen molar-refractivity contribution in [3.63, 3.8) is 0 Å². The summed E-state index contributed by atoms with van der Waals surface area (Å²) in [6.07, 6.45) is 6.76. The van der Waals surface area contributed by atoms with Gasteiger partial charge in [-0.25, -0.2) is 4.39 Å². The number of hydrogen-bond acceptors (Lipinski definition) is 4. The Morgan fingerprint density at radius 1 is 1.03 bits per heavy atom. The van der Waals surface area contributed by atoms with E-state index in [4.69, 9.17) is 9.47 Å². The molecule has 2 aliphatic rings. The molecule has 0 unspecified atom stereocenters. The van der Waals surface area contributed by atoms with Crippen molar-refractivity contribution in [2.45, 2.75) is 70.6 Å². The van der Waals surface area contributed by atoms with E-state index in [1.165, 1.54) is 12.3 Å². The Kier molecular flexibility index (Phi) is 6.26. The van der Waals surface area contributed by atoms with Gasteiger partial charge < -0.3 is 9.47 Å². The molecule has 0 saturated carbocycles. The van der Waals surface area contributed by atoms with Gasteiger partial charge in [-0.05, 0) is 89.1 Å². The molecule has 2 aromatic heterocycles. The first-order chi connectivity index (χ1) is 16.6. The van der Waals surface area contributed by atoms with Crippen LogP contribution in [0.2, 0.25) is 0 Å². The number of allylic oxidation sites excluding steroid dienone is 1. The van der Waals surface area contributed by atoms with Crippen molar-refractivity contribution in [3.05, 3.63) is 65.6 Å². The van der Waals surface area contributed by atoms with E-state index in [1.807, 2.05) is 18.2 Å². The zero-order valence-electron chi connectivity index (χ0n) is 20.9. The molecule has 1 aromatic carbocycles. The van der Waals surface area contributed by atoms with E-state index in [-0.39, 0.29) is 29.0 Å². The zero-order chi connectivity index (χ0) is 24.8. The van der Waals surface area contributed by atoms with E-state index >= 15 is 4.39 Å². The van der Waals surface area contributed by atoms with Crippen molar-refractivity contribution in [1.29, 1.82) is 0 Å². The molecule has 35 heavy (non-hydrogen) atoms. The van der Waals surface area contributed by atoms with Crippen molar-refractivity contribution < 1.29 is 18.3 Å². The summed E-state index contributed by atoms with van der Waals surface area (Å²) in [7, 11) is 0. The summed E-state index contributed by atoms with van der Waals surface area (Å²) in [6.45, 7) is 9.75. The maximum Gasteiger partial charge on any atom is 0.240 e. The van der Waals surface area contributed by atoms with E-state index in [9.17, 15) is 4.39 Å². The predicted molar refractivity (Wildman–Crippen MR) is 132 cm³/mol. The second-order valence-corrected chi connectivity index (χ2v) is 11.0. The van der Waals surface area contributed by atoms with Crippen LogP contribution in [0, 0.1) is 17.7 Å². The fourth-order valence-electron chi connectivity index (χ4n) is 5.86. The Labute approximate surface area is 205 Å². The highest BCUT2D eigenvalue weighted by molar-refractivity contribution is 5.87. The third-order valence-electron chi connectivity index (χ3n) is 6.97. The lowest BCUT2D eigenvalue weighted by molar-refractivity contribution is -0.166. The van der Waals surface area contributed by atoms with Gasteiger partial charge in [0.25, 0.3) is 0 Å². The van der Waals surface area contributed by atoms with Gasteiger partial charge in [-0.3, -0.25) is 9.67 Å². The Morgan fingerprint density at radius 3 is 2.40 bits per heavy atom. The smallest absolute Gasteiger partial charge is 0.240 e. The first-order valence-corrected chi connectivity index (χ1v) is 12.4. The molecule has 4 heterocycles. The molecule has 0 N–H and O–H groups in total. The SMILES string of the molecule is CC1(C)CC(C=C(c2ccc3c(c2)c(F)nn3C2CCOCC2)c2ccc(F)cn2)CC(C)(C)O1. The van der Waals surface area contributed by atoms with E-state index in [2.05, 4.69) is 43.9 Å². The van der Waals surface area contributed by atoms with E-state index < -0.39 is 5.95 Å². The number of rotatable bonds is 4. The average molecular weight is 482 g/mol. The molecule has 0 aliphatic carbocycles. The standard InChI is InChI=1S/C28H33F2N3O2/c1-27(2)15-18(16-28(3,4)35-27)13-22(24-7-6-20(29)17-31-24)19-5-8-25-23(14-19)26(30)32-33(25)21-9-11-34-12-10-21/h5-8,13-14,17-18,21H,9-12,15-16H2,1-4H3. The van der Waals surface area contributed by atoms with Crippen molar-refractivity contribution in [1.82, 2.24) is 14.8 Å². The number of nitrogens with zero attached hydrogens (tertiary/aromatic N) is 3. The molecule has 7 heteroatoms. The third kappa shape index (κ3) is 5.16. The molecular weight excluding hydrogens is 448 g/mol. The van der Waals surface area contributed by atoms with Gasteiger partial charge in [0.1, 0.15) is 5.82 Å². The molecule has 2 aliphatic heterocycles. The normalized spacial score (nSPS) is 21.5. The third-order valence-corrected chi connectivity index (χ3v) is 6.97. The minimum atomic E-state index is -0.479. The van der Waals surface area contributed by atoms with Crippen LogP contribution in [0.5, 0.6) is 0 Å². The second-order valence-electron chi connectivity index (χ2n) is 11.0. The minimum Gasteiger partial charge on any atom is -0.381 e. The molecule has 5 nitrogen and oxygen atoms in total. The van der Waals surface area contributed by atoms with Gasteiger partial charge in [0.05, 0.1) is 40.0 Å². The summed E-state index contributed by atoms with van der Waals surface area (Å²) in [6, 6.07) is 9.00. The molecule has 0 atom stereocenters. The van der Waals surface area contributed by atoms with E-state index in [0.29, 0.717) is 24.3 Å². The summed E-state index contributed by atoms with van der Waals surface area (Å²) in [5.41, 5.74) is 2.59. The van der Waals surface area contributed by atoms with Crippen molar-refractivity contribution in [2.24, 2.45) is 5.92 Å². The molecule has 0 bridgehead atoms. The van der Waals surface area contributed by atoms with Crippen LogP contribution < -0.4 is 0 Å². The van der Waals surface area contributed by atoms with Crippen molar-refractivity contribution >= 4 is 16.5 Å². The highest BCUT2D eigenvalue weighted by Gasteiger charge is 2.38. The summed E-state index contributed by atoms with van der Waals surface area (Å²) in [5.74, 6) is -0.644. The van der Waals surface area contributed by atoms with Gasteiger partial charge >= 0.3 is 0 Å². The first-order valence-electron chi connectivity index (χ1n) is 12.4. The number of pyridine rings is 1. The molecule has 3 aromatic rings. The molecular formula is C28H33F2N3O2. The Hall–Kier alpha value is -2.64. The molecule has 2 fully saturated rings. The Balaban J connectivity index is 1.58. The van der Waals surface area contributed by atoms with E-state index in [1.54, 1.807) is 10.7 Å². The monoisotopic (exact) mass is 481 g/mol. The largest absolute Gasteiger partial charge is 0.381 e. The maximum atomic E-state index is 15.1. The number of aromatic nitrogens is 3. The summed E-state index contributed by atoms with van der Waals surface area (Å²) >= 11 is 0. The Bertz CT molecular complexity index is 1230. The summed E-state index contributed by atoms with van der Waals surface area (Å²) in [4.78, 5) is 4.37. The number of halogens is 2. The predicted octanol–water partition coefficient (Wildman–Crippen LogP) is 6.48. The molecule has 5 rings (SSSR count). The van der Waals surface area contributed by atoms with Crippen molar-refractivity contribution in [3.8, 4) is 0 Å². The topological polar surface area (TPSA) is 49.2 Å². The van der Waals surface area contributed by atoms with Gasteiger partial charge in [0.15, 0.2) is 0 Å². The van der Waals surface area contributed by atoms with Gasteiger partial charge in [-0.1, -0.05) is 12.1 Å². The van der Waals surface area contributed by atoms with Crippen LogP contribution in [0.15, 0.2) is 42.6 Å². The minimum absolute atomic E-state index is 0.127. The molecule has 0 spiro atoms. The Morgan fingerprint density at radius 2 is 1.74 bits per heavy atom. The van der Waals surface area contributed by atoms with Gasteiger partial charge in [-0.2, -0.15) is 4.39 Å². The highest BCUT2D eigenvalue weighted by Crippen LogP contribution is 2.41.